The standard InChI is InChI=1S/C31H46N4O2/c1-21(18-29(37)35-16-14-34(15-17-35)28-10-13-32-20-33-28)25-6-7-26-24-5-4-22-19-23(36)8-11-30(22,2)27(24)9-12-31(25,26)3/h4,10,13,20-21,23-27,36H,5-9,11-12,14-19H2,1-3H3/t21?,23-,24-,25+,26-,27-,30-,31+/m0/s1. The van der Waals surface area contributed by atoms with Crippen molar-refractivity contribution in [1.82, 2.24) is 14.9 Å². The van der Waals surface area contributed by atoms with E-state index >= 15 is 0 Å². The van der Waals surface area contributed by atoms with Gasteiger partial charge in [-0.2, -0.15) is 0 Å². The van der Waals surface area contributed by atoms with Gasteiger partial charge in [0.2, 0.25) is 5.91 Å². The van der Waals surface area contributed by atoms with Gasteiger partial charge in [-0.15, -0.1) is 0 Å². The summed E-state index contributed by atoms with van der Waals surface area (Å²) in [5, 5.41) is 10.3. The Balaban J connectivity index is 1.09. The van der Waals surface area contributed by atoms with E-state index in [1.807, 2.05) is 6.07 Å². The Morgan fingerprint density at radius 2 is 1.92 bits per heavy atom. The number of fused-ring (bicyclic) bond motifs is 5. The lowest BCUT2D eigenvalue weighted by Crippen LogP contribution is -2.51. The molecule has 1 unspecified atom stereocenters. The number of hydrogen-bond donors (Lipinski definition) is 1. The molecule has 202 valence electrons. The first-order valence-electron chi connectivity index (χ1n) is 15.0. The summed E-state index contributed by atoms with van der Waals surface area (Å²) in [6.07, 6.45) is 16.0. The van der Waals surface area contributed by atoms with Crippen molar-refractivity contribution in [3.8, 4) is 0 Å². The third kappa shape index (κ3) is 4.31. The maximum atomic E-state index is 13.4. The highest BCUT2D eigenvalue weighted by atomic mass is 16.3. The van der Waals surface area contributed by atoms with Crippen molar-refractivity contribution < 1.29 is 9.90 Å². The monoisotopic (exact) mass is 506 g/mol. The van der Waals surface area contributed by atoms with Crippen molar-refractivity contribution in [1.29, 1.82) is 0 Å². The minimum absolute atomic E-state index is 0.130. The number of anilines is 1. The molecular formula is C31H46N4O2. The van der Waals surface area contributed by atoms with Crippen molar-refractivity contribution in [2.24, 2.45) is 40.4 Å². The van der Waals surface area contributed by atoms with Crippen molar-refractivity contribution in [2.45, 2.75) is 84.7 Å². The maximum Gasteiger partial charge on any atom is 0.222 e. The van der Waals surface area contributed by atoms with Crippen LogP contribution in [0.1, 0.15) is 78.6 Å². The summed E-state index contributed by atoms with van der Waals surface area (Å²) in [7, 11) is 0. The highest BCUT2D eigenvalue weighted by molar-refractivity contribution is 5.76. The SMILES string of the molecule is CC(CC(=O)N1CCN(c2ccncn2)CC1)[C@H]1CC[C@H]2[C@@H]3CC=C4C[C@@H](O)CC[C@]4(C)[C@H]3CC[C@]12C. The van der Waals surface area contributed by atoms with Gasteiger partial charge in [0.05, 0.1) is 6.10 Å². The lowest BCUT2D eigenvalue weighted by atomic mass is 9.47. The molecule has 4 fully saturated rings. The lowest BCUT2D eigenvalue weighted by molar-refractivity contribution is -0.133. The highest BCUT2D eigenvalue weighted by Crippen LogP contribution is 2.67. The van der Waals surface area contributed by atoms with E-state index in [0.717, 1.165) is 69.0 Å². The summed E-state index contributed by atoms with van der Waals surface area (Å²) < 4.78 is 0. The van der Waals surface area contributed by atoms with Gasteiger partial charge in [-0.3, -0.25) is 4.79 Å². The molecule has 0 aromatic carbocycles. The predicted octanol–water partition coefficient (Wildman–Crippen LogP) is 5.09. The van der Waals surface area contributed by atoms with E-state index in [1.54, 1.807) is 18.1 Å². The maximum absolute atomic E-state index is 13.4. The average Bonchev–Trinajstić information content (AvgIpc) is 3.27. The molecule has 1 amide bonds. The molecule has 1 N–H and O–H groups in total. The third-order valence-electron chi connectivity index (χ3n) is 11.9. The van der Waals surface area contributed by atoms with Crippen LogP contribution in [0, 0.1) is 40.4 Å². The van der Waals surface area contributed by atoms with E-state index in [1.165, 1.54) is 32.1 Å². The van der Waals surface area contributed by atoms with E-state index in [9.17, 15) is 9.90 Å². The zero-order chi connectivity index (χ0) is 25.8. The van der Waals surface area contributed by atoms with Crippen LogP contribution in [-0.2, 0) is 4.79 Å². The number of carbonyl (C=O) groups excluding carboxylic acids is 1. The topological polar surface area (TPSA) is 69.6 Å². The van der Waals surface area contributed by atoms with E-state index < -0.39 is 0 Å². The number of aliphatic hydroxyl groups is 1. The quantitative estimate of drug-likeness (QED) is 0.576. The van der Waals surface area contributed by atoms with E-state index in [4.69, 9.17) is 0 Å². The van der Waals surface area contributed by atoms with E-state index in [-0.39, 0.29) is 6.10 Å². The third-order valence-corrected chi connectivity index (χ3v) is 11.9. The number of nitrogens with zero attached hydrogens (tertiary/aromatic N) is 4. The molecule has 3 saturated carbocycles. The number of aromatic nitrogens is 2. The van der Waals surface area contributed by atoms with Gasteiger partial charge in [0.25, 0.3) is 0 Å². The first-order chi connectivity index (χ1) is 17.8. The molecule has 1 aliphatic heterocycles. The first-order valence-corrected chi connectivity index (χ1v) is 15.0. The summed E-state index contributed by atoms with van der Waals surface area (Å²) >= 11 is 0. The number of piperazine rings is 1. The fourth-order valence-corrected chi connectivity index (χ4v) is 9.82. The molecule has 6 rings (SSSR count). The van der Waals surface area contributed by atoms with Gasteiger partial charge in [-0.1, -0.05) is 32.4 Å². The Kier molecular flexibility index (Phi) is 6.61. The predicted molar refractivity (Wildman–Crippen MR) is 146 cm³/mol. The van der Waals surface area contributed by atoms with Gasteiger partial charge >= 0.3 is 0 Å². The van der Waals surface area contributed by atoms with Gasteiger partial charge in [0.1, 0.15) is 12.1 Å². The summed E-state index contributed by atoms with van der Waals surface area (Å²) in [6.45, 7) is 10.7. The van der Waals surface area contributed by atoms with Crippen molar-refractivity contribution in [2.75, 3.05) is 31.1 Å². The van der Waals surface area contributed by atoms with Crippen LogP contribution in [-0.4, -0.2) is 58.2 Å². The van der Waals surface area contributed by atoms with Crippen LogP contribution in [0.25, 0.3) is 0 Å². The molecule has 6 heteroatoms. The average molecular weight is 507 g/mol. The van der Waals surface area contributed by atoms with Gasteiger partial charge in [0, 0.05) is 38.8 Å². The number of hydrogen-bond acceptors (Lipinski definition) is 5. The second kappa shape index (κ2) is 9.66. The lowest BCUT2D eigenvalue weighted by Gasteiger charge is -2.58. The minimum atomic E-state index is -0.130. The van der Waals surface area contributed by atoms with Crippen LogP contribution in [0.15, 0.2) is 30.2 Å². The molecule has 4 aliphatic carbocycles. The summed E-state index contributed by atoms with van der Waals surface area (Å²) in [5.74, 6) is 4.73. The number of amides is 1. The molecule has 1 aromatic rings. The van der Waals surface area contributed by atoms with Crippen LogP contribution in [0.3, 0.4) is 0 Å². The fourth-order valence-electron chi connectivity index (χ4n) is 9.82. The Morgan fingerprint density at radius 1 is 1.11 bits per heavy atom. The Labute approximate surface area is 222 Å². The molecule has 0 bridgehead atoms. The van der Waals surface area contributed by atoms with Gasteiger partial charge in [0.15, 0.2) is 0 Å². The summed E-state index contributed by atoms with van der Waals surface area (Å²) in [4.78, 5) is 26.1. The van der Waals surface area contributed by atoms with Crippen molar-refractivity contribution in [3.63, 3.8) is 0 Å². The zero-order valence-electron chi connectivity index (χ0n) is 23.1. The fraction of sp³-hybridized carbons (Fsp3) is 0.774. The Morgan fingerprint density at radius 3 is 2.68 bits per heavy atom. The van der Waals surface area contributed by atoms with E-state index in [0.29, 0.717) is 35.0 Å². The number of allylic oxidation sites excluding steroid dienone is 1. The number of rotatable bonds is 4. The molecule has 6 nitrogen and oxygen atoms in total. The van der Waals surface area contributed by atoms with Crippen LogP contribution < -0.4 is 4.90 Å². The molecule has 2 heterocycles. The molecule has 0 radical (unpaired) electrons. The molecule has 8 atom stereocenters. The largest absolute Gasteiger partial charge is 0.393 e. The Bertz CT molecular complexity index is 1020. The van der Waals surface area contributed by atoms with Crippen molar-refractivity contribution in [3.05, 3.63) is 30.2 Å². The molecule has 5 aliphatic rings. The van der Waals surface area contributed by atoms with Crippen LogP contribution in [0.4, 0.5) is 5.82 Å². The number of aliphatic hydroxyl groups excluding tert-OH is 1. The van der Waals surface area contributed by atoms with Gasteiger partial charge in [-0.05, 0) is 97.9 Å². The van der Waals surface area contributed by atoms with Crippen LogP contribution >= 0.6 is 0 Å². The van der Waals surface area contributed by atoms with Crippen LogP contribution in [0.5, 0.6) is 0 Å². The smallest absolute Gasteiger partial charge is 0.222 e. The molecular weight excluding hydrogens is 460 g/mol. The van der Waals surface area contributed by atoms with E-state index in [2.05, 4.69) is 46.6 Å². The number of carbonyl (C=O) groups is 1. The summed E-state index contributed by atoms with van der Waals surface area (Å²) in [5.41, 5.74) is 2.23. The highest BCUT2D eigenvalue weighted by Gasteiger charge is 2.59. The molecule has 37 heavy (non-hydrogen) atoms. The normalized spacial score (nSPS) is 40.3. The molecule has 0 spiro atoms. The zero-order valence-corrected chi connectivity index (χ0v) is 23.1. The molecule has 1 aromatic heterocycles. The van der Waals surface area contributed by atoms with Crippen molar-refractivity contribution >= 4 is 11.7 Å². The van der Waals surface area contributed by atoms with Gasteiger partial charge < -0.3 is 14.9 Å². The second-order valence-electron chi connectivity index (χ2n) is 13.5. The first kappa shape index (κ1) is 25.3. The van der Waals surface area contributed by atoms with Gasteiger partial charge in [-0.25, -0.2) is 9.97 Å². The molecule has 1 saturated heterocycles. The second-order valence-corrected chi connectivity index (χ2v) is 13.5. The minimum Gasteiger partial charge on any atom is -0.393 e. The summed E-state index contributed by atoms with van der Waals surface area (Å²) in [6, 6.07) is 1.95. The Hall–Kier alpha value is -1.95. The van der Waals surface area contributed by atoms with Crippen LogP contribution in [0.2, 0.25) is 0 Å².